The lowest BCUT2D eigenvalue weighted by molar-refractivity contribution is -0.274. The number of alkyl halides is 3. The third-order valence-electron chi connectivity index (χ3n) is 6.67. The second kappa shape index (κ2) is 13.8. The average Bonchev–Trinajstić information content (AvgIpc) is 3.63. The number of hydrogen-bond acceptors (Lipinski definition) is 8. The van der Waals surface area contributed by atoms with Gasteiger partial charge in [-0.2, -0.15) is 4.99 Å². The lowest BCUT2D eigenvalue weighted by Gasteiger charge is -2.23. The summed E-state index contributed by atoms with van der Waals surface area (Å²) in [4.78, 5) is 34.8. The molecule has 17 heteroatoms. The molecule has 0 saturated carbocycles. The predicted molar refractivity (Wildman–Crippen MR) is 162 cm³/mol. The van der Waals surface area contributed by atoms with Crippen molar-refractivity contribution in [2.75, 3.05) is 23.1 Å². The summed E-state index contributed by atoms with van der Waals surface area (Å²) in [5, 5.41) is 6.24. The zero-order valence-corrected chi connectivity index (χ0v) is 25.7. The van der Waals surface area contributed by atoms with Gasteiger partial charge in [-0.3, -0.25) is 9.69 Å². The molecule has 3 aromatic carbocycles. The third kappa shape index (κ3) is 8.04. The molecule has 1 aliphatic rings. The Morgan fingerprint density at radius 3 is 2.45 bits per heavy atom. The van der Waals surface area contributed by atoms with Gasteiger partial charge < -0.3 is 19.5 Å². The van der Waals surface area contributed by atoms with Gasteiger partial charge in [-0.1, -0.05) is 23.9 Å². The van der Waals surface area contributed by atoms with E-state index in [-0.39, 0.29) is 41.1 Å². The number of rotatable bonds is 9. The van der Waals surface area contributed by atoms with Gasteiger partial charge in [-0.15, -0.1) is 18.3 Å². The van der Waals surface area contributed by atoms with Crippen LogP contribution in [0.5, 0.6) is 11.5 Å². The Balaban J connectivity index is 1.25. The number of carbonyl (C=O) groups excluding carboxylic acids is 2. The minimum absolute atomic E-state index is 0.00587. The first-order valence-corrected chi connectivity index (χ1v) is 14.7. The number of anilines is 2. The molecular weight excluding hydrogens is 651 g/mol. The van der Waals surface area contributed by atoms with Gasteiger partial charge in [0.2, 0.25) is 5.91 Å². The number of carbonyl (C=O) groups is 2. The topological polar surface area (TPSA) is 120 Å². The van der Waals surface area contributed by atoms with Crippen molar-refractivity contribution < 1.29 is 45.8 Å². The maximum Gasteiger partial charge on any atom is 0.573 e. The van der Waals surface area contributed by atoms with Crippen molar-refractivity contribution >= 4 is 40.2 Å². The van der Waals surface area contributed by atoms with Crippen LogP contribution in [0.4, 0.5) is 38.1 Å². The molecule has 1 unspecified atom stereocenters. The fourth-order valence-electron chi connectivity index (χ4n) is 4.41. The van der Waals surface area contributed by atoms with Gasteiger partial charge in [0, 0.05) is 24.8 Å². The van der Waals surface area contributed by atoms with Crippen molar-refractivity contribution in [1.29, 1.82) is 0 Å². The van der Waals surface area contributed by atoms with Crippen LogP contribution in [0.2, 0.25) is 0 Å². The van der Waals surface area contributed by atoms with Crippen LogP contribution in [0.1, 0.15) is 30.0 Å². The largest absolute Gasteiger partial charge is 0.573 e. The van der Waals surface area contributed by atoms with Crippen LogP contribution in [0.25, 0.3) is 5.69 Å². The first kappa shape index (κ1) is 33.3. The van der Waals surface area contributed by atoms with E-state index in [1.807, 2.05) is 19.1 Å². The van der Waals surface area contributed by atoms with Crippen LogP contribution in [-0.4, -0.2) is 51.1 Å². The molecule has 47 heavy (non-hydrogen) atoms. The lowest BCUT2D eigenvalue weighted by atomic mass is 10.0. The second-order valence-electron chi connectivity index (χ2n) is 9.98. The van der Waals surface area contributed by atoms with E-state index in [2.05, 4.69) is 25.1 Å². The van der Waals surface area contributed by atoms with Gasteiger partial charge in [0.1, 0.15) is 30.1 Å². The van der Waals surface area contributed by atoms with Crippen LogP contribution in [0.15, 0.2) is 65.9 Å². The number of amides is 3. The van der Waals surface area contributed by atoms with E-state index in [0.29, 0.717) is 16.9 Å². The Labute approximate surface area is 268 Å². The minimum atomic E-state index is -4.83. The number of ether oxygens (including phenoxy) is 3. The monoisotopic (exact) mass is 676 g/mol. The molecule has 1 atom stereocenters. The highest BCUT2D eigenvalue weighted by Gasteiger charge is 2.33. The summed E-state index contributed by atoms with van der Waals surface area (Å²) in [5.74, 6) is -3.19. The molecule has 1 fully saturated rings. The molecule has 1 N–H and O–H groups in total. The smallest absolute Gasteiger partial charge is 0.485 e. The van der Waals surface area contributed by atoms with E-state index in [9.17, 15) is 31.5 Å². The molecule has 11 nitrogen and oxygen atoms in total. The number of thioether (sulfide) groups is 1. The van der Waals surface area contributed by atoms with E-state index in [4.69, 9.17) is 9.47 Å². The first-order chi connectivity index (χ1) is 22.3. The van der Waals surface area contributed by atoms with Crippen molar-refractivity contribution in [3.05, 3.63) is 89.5 Å². The zero-order valence-electron chi connectivity index (χ0n) is 24.8. The molecule has 1 aromatic heterocycles. The van der Waals surface area contributed by atoms with Gasteiger partial charge in [0.15, 0.2) is 22.6 Å². The SMILES string of the molecule is COC(C)c1ccc(C)cc1N1C(=O)CSC1=NC(=O)Nc1c(F)cc(OCc2ncn(-c3ccc(OC(F)(F)F)cc3)n2)cc1F. The molecule has 3 amide bonds. The van der Waals surface area contributed by atoms with E-state index in [0.717, 1.165) is 41.6 Å². The molecule has 0 aliphatic carbocycles. The Bertz CT molecular complexity index is 1810. The molecule has 1 saturated heterocycles. The quantitative estimate of drug-likeness (QED) is 0.195. The number of nitrogens with one attached hydrogen (secondary N) is 1. The molecule has 0 bridgehead atoms. The van der Waals surface area contributed by atoms with Gasteiger partial charge in [0.05, 0.1) is 23.2 Å². The number of methoxy groups -OCH3 is 1. The Morgan fingerprint density at radius 1 is 1.09 bits per heavy atom. The molecule has 4 aromatic rings. The van der Waals surface area contributed by atoms with Gasteiger partial charge in [0.25, 0.3) is 0 Å². The average molecular weight is 677 g/mol. The predicted octanol–water partition coefficient (Wildman–Crippen LogP) is 6.71. The van der Waals surface area contributed by atoms with Crippen molar-refractivity contribution in [2.45, 2.75) is 32.9 Å². The Kier molecular flexibility index (Phi) is 9.76. The third-order valence-corrected chi connectivity index (χ3v) is 7.59. The molecular formula is C30H25F5N6O5S. The fourth-order valence-corrected chi connectivity index (χ4v) is 5.27. The Morgan fingerprint density at radius 2 is 1.79 bits per heavy atom. The second-order valence-corrected chi connectivity index (χ2v) is 10.9. The summed E-state index contributed by atoms with van der Waals surface area (Å²) < 4.78 is 82.9. The number of nitrogens with zero attached hydrogens (tertiary/aromatic N) is 5. The standard InChI is InChI=1S/C30H25F5N6O5S/c1-16-4-9-21(17(2)44-3)24(10-16)41-26(42)14-47-29(41)38-28(43)37-27-22(31)11-20(12-23(27)32)45-13-25-36-15-40(39-25)18-5-7-19(8-6-18)46-30(33,34)35/h4-12,15,17H,13-14H2,1-3H3,(H,37,43). The Hall–Kier alpha value is -5.03. The minimum Gasteiger partial charge on any atom is -0.485 e. The molecule has 1 aliphatic heterocycles. The summed E-state index contributed by atoms with van der Waals surface area (Å²) in [6, 6.07) is 10.8. The van der Waals surface area contributed by atoms with E-state index in [1.54, 1.807) is 13.0 Å². The van der Waals surface area contributed by atoms with Crippen LogP contribution >= 0.6 is 11.8 Å². The van der Waals surface area contributed by atoms with E-state index < -0.39 is 35.5 Å². The van der Waals surface area contributed by atoms with Crippen LogP contribution in [0, 0.1) is 18.6 Å². The number of halogens is 5. The first-order valence-electron chi connectivity index (χ1n) is 13.7. The zero-order chi connectivity index (χ0) is 33.9. The van der Waals surface area contributed by atoms with E-state index >= 15 is 0 Å². The van der Waals surface area contributed by atoms with Gasteiger partial charge >= 0.3 is 12.4 Å². The molecule has 2 heterocycles. The van der Waals surface area contributed by atoms with E-state index in [1.165, 1.54) is 35.2 Å². The van der Waals surface area contributed by atoms with Crippen molar-refractivity contribution in [3.8, 4) is 17.2 Å². The summed E-state index contributed by atoms with van der Waals surface area (Å²) in [7, 11) is 1.52. The number of aromatic nitrogens is 3. The summed E-state index contributed by atoms with van der Waals surface area (Å²) in [6.07, 6.45) is -3.93. The number of aryl methyl sites for hydroxylation is 1. The summed E-state index contributed by atoms with van der Waals surface area (Å²) in [6.45, 7) is 3.33. The number of benzene rings is 3. The number of aliphatic imine (C=N–C) groups is 1. The van der Waals surface area contributed by atoms with Crippen molar-refractivity contribution in [3.63, 3.8) is 0 Å². The summed E-state index contributed by atoms with van der Waals surface area (Å²) >= 11 is 1.00. The lowest BCUT2D eigenvalue weighted by Crippen LogP contribution is -2.31. The summed E-state index contributed by atoms with van der Waals surface area (Å²) in [5.41, 5.74) is 1.60. The fraction of sp³-hybridized carbons (Fsp3) is 0.233. The highest BCUT2D eigenvalue weighted by molar-refractivity contribution is 8.15. The maximum atomic E-state index is 14.9. The highest BCUT2D eigenvalue weighted by atomic mass is 32.2. The van der Waals surface area contributed by atoms with Crippen molar-refractivity contribution in [1.82, 2.24) is 14.8 Å². The highest BCUT2D eigenvalue weighted by Crippen LogP contribution is 2.35. The van der Waals surface area contributed by atoms with Crippen LogP contribution in [0.3, 0.4) is 0 Å². The number of amidine groups is 1. The number of urea groups is 1. The molecule has 5 rings (SSSR count). The number of hydrogen-bond donors (Lipinski definition) is 1. The molecule has 0 radical (unpaired) electrons. The van der Waals surface area contributed by atoms with Gasteiger partial charge in [-0.25, -0.2) is 23.2 Å². The normalized spacial score (nSPS) is 14.9. The van der Waals surface area contributed by atoms with Crippen LogP contribution in [-0.2, 0) is 16.1 Å². The van der Waals surface area contributed by atoms with Crippen molar-refractivity contribution in [2.24, 2.45) is 4.99 Å². The maximum absolute atomic E-state index is 14.9. The van der Waals surface area contributed by atoms with Crippen LogP contribution < -0.4 is 19.7 Å². The molecule has 0 spiro atoms. The molecule has 246 valence electrons. The van der Waals surface area contributed by atoms with Gasteiger partial charge in [-0.05, 0) is 49.7 Å².